The fourth-order valence-corrected chi connectivity index (χ4v) is 5.20. The van der Waals surface area contributed by atoms with Crippen molar-refractivity contribution >= 4 is 39.1 Å². The van der Waals surface area contributed by atoms with E-state index in [2.05, 4.69) is 4.72 Å². The van der Waals surface area contributed by atoms with Crippen molar-refractivity contribution in [3.8, 4) is 5.75 Å². The highest BCUT2D eigenvalue weighted by Crippen LogP contribution is 2.36. The summed E-state index contributed by atoms with van der Waals surface area (Å²) in [5.74, 6) is -0.632. The quantitative estimate of drug-likeness (QED) is 0.456. The van der Waals surface area contributed by atoms with Crippen LogP contribution in [0.5, 0.6) is 5.75 Å². The summed E-state index contributed by atoms with van der Waals surface area (Å²) in [5.41, 5.74) is 1.43. The van der Waals surface area contributed by atoms with Gasteiger partial charge in [0.15, 0.2) is 0 Å². The number of hydrogen-bond donors (Lipinski definition) is 1. The average Bonchev–Trinajstić information content (AvgIpc) is 3.06. The Morgan fingerprint density at radius 3 is 2.23 bits per heavy atom. The smallest absolute Gasteiger partial charge is 0.264 e. The lowest BCUT2D eigenvalue weighted by atomic mass is 9.87. The molecule has 0 radical (unpaired) electrons. The highest BCUT2D eigenvalue weighted by molar-refractivity contribution is 7.92. The average molecular weight is 513 g/mol. The van der Waals surface area contributed by atoms with Gasteiger partial charge in [-0.2, -0.15) is 0 Å². The van der Waals surface area contributed by atoms with Crippen LogP contribution in [0.1, 0.15) is 52.6 Å². The van der Waals surface area contributed by atoms with Gasteiger partial charge in [0.2, 0.25) is 0 Å². The van der Waals surface area contributed by atoms with Gasteiger partial charge < -0.3 is 4.74 Å². The topological polar surface area (TPSA) is 92.8 Å². The third kappa shape index (κ3) is 4.76. The molecule has 1 heterocycles. The number of methoxy groups -OCH3 is 1. The van der Waals surface area contributed by atoms with Gasteiger partial charge in [0.25, 0.3) is 21.8 Å². The molecule has 3 aromatic carbocycles. The van der Waals surface area contributed by atoms with Crippen molar-refractivity contribution in [2.45, 2.75) is 37.6 Å². The largest absolute Gasteiger partial charge is 0.497 e. The molecule has 182 valence electrons. The Bertz CT molecular complexity index is 1430. The van der Waals surface area contributed by atoms with E-state index in [9.17, 15) is 18.0 Å². The first-order valence-corrected chi connectivity index (χ1v) is 12.7. The van der Waals surface area contributed by atoms with Crippen LogP contribution in [-0.2, 0) is 22.0 Å². The number of carbonyl (C=O) groups excluding carboxylic acids is 2. The Kier molecular flexibility index (Phi) is 6.38. The zero-order valence-corrected chi connectivity index (χ0v) is 21.3. The first kappa shape index (κ1) is 24.8. The number of carbonyl (C=O) groups is 2. The predicted octanol–water partition coefficient (Wildman–Crippen LogP) is 5.24. The number of amides is 2. The summed E-state index contributed by atoms with van der Waals surface area (Å²) in [6.45, 7) is 6.09. The van der Waals surface area contributed by atoms with Crippen molar-refractivity contribution in [3.63, 3.8) is 0 Å². The van der Waals surface area contributed by atoms with Gasteiger partial charge in [0, 0.05) is 0 Å². The molecule has 0 unspecified atom stereocenters. The predicted molar refractivity (Wildman–Crippen MR) is 135 cm³/mol. The zero-order valence-electron chi connectivity index (χ0n) is 19.8. The van der Waals surface area contributed by atoms with E-state index in [0.717, 1.165) is 10.5 Å². The maximum atomic E-state index is 13.3. The Hall–Kier alpha value is -3.36. The summed E-state index contributed by atoms with van der Waals surface area (Å²) >= 11 is 6.27. The van der Waals surface area contributed by atoms with Gasteiger partial charge in [0.1, 0.15) is 5.75 Å². The Morgan fingerprint density at radius 2 is 1.60 bits per heavy atom. The Morgan fingerprint density at radius 1 is 0.943 bits per heavy atom. The number of sulfonamides is 1. The van der Waals surface area contributed by atoms with Crippen molar-refractivity contribution in [1.29, 1.82) is 0 Å². The minimum absolute atomic E-state index is 0.00390. The summed E-state index contributed by atoms with van der Waals surface area (Å²) < 4.78 is 33.9. The number of nitrogens with one attached hydrogen (secondary N) is 1. The summed E-state index contributed by atoms with van der Waals surface area (Å²) in [6, 6.07) is 16.3. The van der Waals surface area contributed by atoms with Gasteiger partial charge in [0.05, 0.1) is 40.4 Å². The summed E-state index contributed by atoms with van der Waals surface area (Å²) in [4.78, 5) is 27.5. The van der Waals surface area contributed by atoms with Crippen LogP contribution in [0.25, 0.3) is 0 Å². The molecule has 0 bridgehead atoms. The minimum atomic E-state index is -4.03. The highest BCUT2D eigenvalue weighted by Gasteiger charge is 2.40. The number of nitrogens with zero attached hydrogens (tertiary/aromatic N) is 1. The molecular weight excluding hydrogens is 488 g/mol. The van der Waals surface area contributed by atoms with Gasteiger partial charge in [-0.25, -0.2) is 8.42 Å². The molecule has 0 fully saturated rings. The summed E-state index contributed by atoms with van der Waals surface area (Å²) in [7, 11) is -2.50. The number of halogens is 1. The molecule has 3 aromatic rings. The lowest BCUT2D eigenvalue weighted by Crippen LogP contribution is -2.29. The Labute approximate surface area is 209 Å². The Balaban J connectivity index is 1.67. The zero-order chi connectivity index (χ0) is 25.5. The molecule has 1 N–H and O–H groups in total. The van der Waals surface area contributed by atoms with Gasteiger partial charge in [-0.1, -0.05) is 56.6 Å². The molecule has 0 saturated carbocycles. The van der Waals surface area contributed by atoms with Crippen LogP contribution in [0.15, 0.2) is 65.6 Å². The molecule has 0 atom stereocenters. The van der Waals surface area contributed by atoms with Crippen LogP contribution in [0, 0.1) is 0 Å². The van der Waals surface area contributed by atoms with Crippen molar-refractivity contribution < 1.29 is 22.7 Å². The fraction of sp³-hybridized carbons (Fsp3) is 0.231. The molecular formula is C26H25ClN2O5S. The number of fused-ring (bicyclic) bond motifs is 1. The third-order valence-electron chi connectivity index (χ3n) is 5.82. The number of anilines is 1. The van der Waals surface area contributed by atoms with Crippen molar-refractivity contribution in [2.24, 2.45) is 0 Å². The van der Waals surface area contributed by atoms with E-state index < -0.39 is 21.8 Å². The highest BCUT2D eigenvalue weighted by atomic mass is 35.5. The number of benzene rings is 3. The van der Waals surface area contributed by atoms with Crippen LogP contribution in [0.2, 0.25) is 5.02 Å². The monoisotopic (exact) mass is 512 g/mol. The van der Waals surface area contributed by atoms with E-state index in [1.807, 2.05) is 20.8 Å². The molecule has 9 heteroatoms. The maximum Gasteiger partial charge on any atom is 0.264 e. The van der Waals surface area contributed by atoms with Gasteiger partial charge in [-0.05, 0) is 52.9 Å². The minimum Gasteiger partial charge on any atom is -0.497 e. The van der Waals surface area contributed by atoms with E-state index in [-0.39, 0.29) is 38.7 Å². The molecule has 4 rings (SSSR count). The van der Waals surface area contributed by atoms with Gasteiger partial charge in [-0.15, -0.1) is 0 Å². The van der Waals surface area contributed by atoms with E-state index in [4.69, 9.17) is 16.3 Å². The van der Waals surface area contributed by atoms with Gasteiger partial charge in [-0.3, -0.25) is 19.2 Å². The number of imide groups is 1. The third-order valence-corrected chi connectivity index (χ3v) is 7.52. The number of rotatable bonds is 6. The summed E-state index contributed by atoms with van der Waals surface area (Å²) in [6.07, 6.45) is 0. The normalized spacial score (nSPS) is 13.7. The second kappa shape index (κ2) is 9.02. The molecule has 2 amide bonds. The standard InChI is InChI=1S/C26H25ClN2O5S/c1-26(2,3)17-8-10-19(11-9-17)35(32,33)28-21-13-12-20(27)22-23(21)25(31)29(24(22)30)15-16-6-5-7-18(14-16)34-4/h5-14,28H,15H2,1-4H3. The van der Waals surface area contributed by atoms with E-state index in [1.165, 1.54) is 31.4 Å². The lowest BCUT2D eigenvalue weighted by Gasteiger charge is -2.19. The van der Waals surface area contributed by atoms with Crippen molar-refractivity contribution in [1.82, 2.24) is 4.90 Å². The summed E-state index contributed by atoms with van der Waals surface area (Å²) in [5, 5.41) is 0.0731. The second-order valence-electron chi connectivity index (χ2n) is 9.27. The van der Waals surface area contributed by atoms with E-state index >= 15 is 0 Å². The second-order valence-corrected chi connectivity index (χ2v) is 11.4. The van der Waals surface area contributed by atoms with Crippen LogP contribution < -0.4 is 9.46 Å². The lowest BCUT2D eigenvalue weighted by molar-refractivity contribution is 0.0642. The van der Waals surface area contributed by atoms with E-state index in [0.29, 0.717) is 11.3 Å². The fourth-order valence-electron chi connectivity index (χ4n) is 3.89. The van der Waals surface area contributed by atoms with Crippen LogP contribution in [-0.4, -0.2) is 32.2 Å². The molecule has 0 aliphatic carbocycles. The molecule has 1 aliphatic rings. The molecule has 0 aromatic heterocycles. The SMILES string of the molecule is COc1cccc(CN2C(=O)c3c(Cl)ccc(NS(=O)(=O)c4ccc(C(C)(C)C)cc4)c3C2=O)c1. The van der Waals surface area contributed by atoms with Crippen LogP contribution >= 0.6 is 11.6 Å². The molecule has 0 saturated heterocycles. The van der Waals surface area contributed by atoms with Crippen molar-refractivity contribution in [3.05, 3.63) is 87.9 Å². The first-order valence-electron chi connectivity index (χ1n) is 10.9. The van der Waals surface area contributed by atoms with Gasteiger partial charge >= 0.3 is 0 Å². The number of hydrogen-bond acceptors (Lipinski definition) is 5. The number of ether oxygens (including phenoxy) is 1. The molecule has 1 aliphatic heterocycles. The molecule has 35 heavy (non-hydrogen) atoms. The first-order chi connectivity index (χ1) is 16.4. The van der Waals surface area contributed by atoms with Crippen LogP contribution in [0.3, 0.4) is 0 Å². The molecule has 7 nitrogen and oxygen atoms in total. The van der Waals surface area contributed by atoms with Crippen molar-refractivity contribution in [2.75, 3.05) is 11.8 Å². The molecule has 0 spiro atoms. The van der Waals surface area contributed by atoms with Crippen LogP contribution in [0.4, 0.5) is 5.69 Å². The van der Waals surface area contributed by atoms with E-state index in [1.54, 1.807) is 36.4 Å². The maximum absolute atomic E-state index is 13.3.